The van der Waals surface area contributed by atoms with Crippen LogP contribution in [-0.2, 0) is 20.2 Å². The molecule has 1 aromatic heterocycles. The Kier molecular flexibility index (Phi) is 47.4. The van der Waals surface area contributed by atoms with Gasteiger partial charge >= 0.3 is 10.2 Å². The number of nitrogens with one attached hydrogen (secondary N) is 6. The molecule has 0 amide bonds. The minimum atomic E-state index is -3.42. The zero-order valence-corrected chi connectivity index (χ0v) is 67.9. The van der Waals surface area contributed by atoms with E-state index in [4.69, 9.17) is 0 Å². The first-order valence-corrected chi connectivity index (χ1v) is 37.9. The number of hydrogen-bond acceptors (Lipinski definition) is 12. The van der Waals surface area contributed by atoms with E-state index in [1.54, 1.807) is 30.6 Å². The molecule has 2 aliphatic heterocycles. The minimum Gasteiger partial charge on any atom is -0.380 e. The zero-order chi connectivity index (χ0) is 75.4. The second-order valence-electron chi connectivity index (χ2n) is 26.4. The Bertz CT molecular complexity index is 3150. The summed E-state index contributed by atoms with van der Waals surface area (Å²) in [5.74, 6) is 0.681. The van der Waals surface area contributed by atoms with Crippen molar-refractivity contribution in [2.24, 2.45) is 0 Å². The van der Waals surface area contributed by atoms with Crippen molar-refractivity contribution in [2.75, 3.05) is 66.0 Å². The van der Waals surface area contributed by atoms with E-state index in [-0.39, 0.29) is 27.7 Å². The molecule has 15 nitrogen and oxygen atoms in total. The van der Waals surface area contributed by atoms with Gasteiger partial charge in [-0.15, -0.1) is 0 Å². The highest BCUT2D eigenvalue weighted by Gasteiger charge is 2.40. The van der Waals surface area contributed by atoms with E-state index in [9.17, 15) is 16.8 Å². The molecule has 6 aromatic carbocycles. The summed E-state index contributed by atoms with van der Waals surface area (Å²) in [6.07, 6.45) is 4.69. The summed E-state index contributed by atoms with van der Waals surface area (Å²) < 4.78 is 52.7. The number of rotatable bonds is 6. The maximum absolute atomic E-state index is 11.9. The molecule has 17 heteroatoms. The Morgan fingerprint density at radius 3 is 1.20 bits per heavy atom. The number of aromatic nitrogens is 2. The minimum absolute atomic E-state index is 0.0291. The number of hydrogen-bond donors (Lipinski definition) is 6. The van der Waals surface area contributed by atoms with Gasteiger partial charge < -0.3 is 31.5 Å². The molecule has 96 heavy (non-hydrogen) atoms. The van der Waals surface area contributed by atoms with Crippen molar-refractivity contribution < 1.29 is 16.8 Å². The number of nitrogens with zero attached hydrogens (tertiary/aromatic N) is 5. The van der Waals surface area contributed by atoms with Crippen LogP contribution in [0.5, 0.6) is 0 Å². The SMILES string of the molecule is CC.CC.CC.CC.CC.CC.CC(C)(C)N1CN(S(C)(=O)=O)c2ccccc21.CC(C)(C)N1c2ccccc2NS1(=O)=O.CC(C)(C)Nc1cccc2ccccc12.CC(C)(C)Nc1ccccc1.CC(C)(C)Nc1ccccc1.CC(C)(C)Nc1ncccn1.CCNC. The van der Waals surface area contributed by atoms with Crippen LogP contribution in [0, 0.1) is 0 Å². The van der Waals surface area contributed by atoms with Gasteiger partial charge in [0, 0.05) is 68.1 Å². The summed E-state index contributed by atoms with van der Waals surface area (Å²) in [5, 5.41) is 18.9. The smallest absolute Gasteiger partial charge is 0.324 e. The third kappa shape index (κ3) is 40.5. The first-order chi connectivity index (χ1) is 44.7. The highest BCUT2D eigenvalue weighted by atomic mass is 32.2. The second-order valence-corrected chi connectivity index (χ2v) is 29.9. The monoisotopic (exact) mass is 1370 g/mol. The number of benzene rings is 6. The van der Waals surface area contributed by atoms with E-state index in [0.29, 0.717) is 24.0 Å². The quantitative estimate of drug-likeness (QED) is 0.0931. The molecule has 0 saturated carbocycles. The van der Waals surface area contributed by atoms with Gasteiger partial charge in [-0.25, -0.2) is 27.0 Å². The molecule has 544 valence electrons. The van der Waals surface area contributed by atoms with E-state index >= 15 is 0 Å². The molecular formula is C79H137N11O4S2. The van der Waals surface area contributed by atoms with Gasteiger partial charge in [0.2, 0.25) is 16.0 Å². The van der Waals surface area contributed by atoms with Crippen LogP contribution >= 0.6 is 0 Å². The molecule has 0 unspecified atom stereocenters. The average Bonchev–Trinajstić information content (AvgIpc) is 1.61. The number of para-hydroxylation sites is 6. The highest BCUT2D eigenvalue weighted by Crippen LogP contribution is 2.41. The topological polar surface area (TPSA) is 176 Å². The number of anilines is 8. The summed E-state index contributed by atoms with van der Waals surface area (Å²) in [6, 6.07) is 51.9. The van der Waals surface area contributed by atoms with Crippen LogP contribution in [-0.4, -0.2) is 86.6 Å². The van der Waals surface area contributed by atoms with Crippen molar-refractivity contribution in [3.8, 4) is 0 Å². The van der Waals surface area contributed by atoms with E-state index in [2.05, 4.69) is 224 Å². The summed E-state index contributed by atoms with van der Waals surface area (Å²) in [7, 11) is -4.71. The normalized spacial score (nSPS) is 12.1. The van der Waals surface area contributed by atoms with Crippen LogP contribution in [0.25, 0.3) is 10.8 Å². The molecule has 0 saturated heterocycles. The lowest BCUT2D eigenvalue weighted by Gasteiger charge is -2.34. The maximum atomic E-state index is 11.9. The number of sulfonamides is 1. The van der Waals surface area contributed by atoms with E-state index in [0.717, 1.165) is 17.9 Å². The fourth-order valence-electron chi connectivity index (χ4n) is 8.16. The molecular weight excluding hydrogens is 1230 g/mol. The van der Waals surface area contributed by atoms with Gasteiger partial charge in [-0.2, -0.15) is 8.42 Å². The van der Waals surface area contributed by atoms with Crippen LogP contribution in [0.1, 0.15) is 215 Å². The molecule has 6 N–H and O–H groups in total. The maximum Gasteiger partial charge on any atom is 0.324 e. The van der Waals surface area contributed by atoms with Gasteiger partial charge in [-0.3, -0.25) is 4.72 Å². The second kappa shape index (κ2) is 47.8. The van der Waals surface area contributed by atoms with Crippen molar-refractivity contribution in [3.05, 3.63) is 170 Å². The molecule has 7 aromatic rings. The van der Waals surface area contributed by atoms with Gasteiger partial charge in [0.1, 0.15) is 6.67 Å². The van der Waals surface area contributed by atoms with Crippen LogP contribution in [0.2, 0.25) is 0 Å². The van der Waals surface area contributed by atoms with Crippen LogP contribution in [0.15, 0.2) is 170 Å². The van der Waals surface area contributed by atoms with Crippen molar-refractivity contribution in [1.29, 1.82) is 0 Å². The lowest BCUT2D eigenvalue weighted by molar-refractivity contribution is 0.517. The molecule has 0 spiro atoms. The molecule has 2 aliphatic rings. The van der Waals surface area contributed by atoms with Crippen LogP contribution < -0.4 is 44.8 Å². The first kappa shape index (κ1) is 95.3. The number of fused-ring (bicyclic) bond motifs is 3. The Balaban J connectivity index is -0.000000509. The molecule has 0 bridgehead atoms. The Labute approximate surface area is 589 Å². The summed E-state index contributed by atoms with van der Waals surface area (Å²) in [6.45, 7) is 65.0. The predicted molar refractivity (Wildman–Crippen MR) is 432 cm³/mol. The van der Waals surface area contributed by atoms with E-state index in [1.807, 2.05) is 184 Å². The van der Waals surface area contributed by atoms with E-state index in [1.165, 1.54) is 42.7 Å². The van der Waals surface area contributed by atoms with E-state index < -0.39 is 25.8 Å². The standard InChI is InChI=1S/C14H17N.C12H18N2O2S.C10H14N2O2S.2C10H15N.C8H13N3.C3H9N.6C2H6/c1-14(2,3)15-13-10-6-8-11-7-4-5-9-12(11)13;1-12(2,3)13-9-14(17(4,15)16)11-8-6-5-7-10(11)13;1-10(2,3)12-9-7-5-4-6-8(9)11-15(12,13)14;2*1-10(2,3)11-9-7-5-4-6-8-9;1-8(2,3)11-7-9-5-4-6-10-7;1-3-4-2;6*1-2/h4-10,15H,1-3H3;5-8H,9H2,1-4H3;4-7,11H,1-3H3;2*4-8,11H,1-3H3;4-6H,1-3H3,(H,9,10,11);4H,3H2,1-2H3;6*1-2H3. The largest absolute Gasteiger partial charge is 0.380 e. The van der Waals surface area contributed by atoms with Gasteiger partial charge in [0.05, 0.1) is 29.0 Å². The average molecular weight is 1370 g/mol. The third-order valence-electron chi connectivity index (χ3n) is 11.4. The summed E-state index contributed by atoms with van der Waals surface area (Å²) >= 11 is 0. The van der Waals surface area contributed by atoms with Crippen molar-refractivity contribution in [3.63, 3.8) is 0 Å². The fourth-order valence-corrected chi connectivity index (χ4v) is 10.7. The molecule has 0 fully saturated rings. The zero-order valence-electron chi connectivity index (χ0n) is 66.3. The Morgan fingerprint density at radius 1 is 0.448 bits per heavy atom. The lowest BCUT2D eigenvalue weighted by atomic mass is 10.0. The van der Waals surface area contributed by atoms with Gasteiger partial charge in [0.25, 0.3) is 0 Å². The van der Waals surface area contributed by atoms with Gasteiger partial charge in [-0.1, -0.05) is 187 Å². The molecule has 0 radical (unpaired) electrons. The third-order valence-corrected chi connectivity index (χ3v) is 14.2. The lowest BCUT2D eigenvalue weighted by Crippen LogP contribution is -2.44. The van der Waals surface area contributed by atoms with Crippen LogP contribution in [0.4, 0.5) is 45.8 Å². The fraction of sp³-hybridized carbons (Fsp3) is 0.519. The summed E-state index contributed by atoms with van der Waals surface area (Å²) in [4.78, 5) is 10.2. The Morgan fingerprint density at radius 2 is 0.812 bits per heavy atom. The highest BCUT2D eigenvalue weighted by molar-refractivity contribution is 7.94. The Hall–Kier alpha value is -7.08. The summed E-state index contributed by atoms with van der Waals surface area (Å²) in [5.41, 5.74) is 6.55. The van der Waals surface area contributed by atoms with Crippen LogP contribution in [0.3, 0.4) is 0 Å². The first-order valence-electron chi connectivity index (χ1n) is 34.6. The van der Waals surface area contributed by atoms with Gasteiger partial charge in [-0.05, 0) is 204 Å². The predicted octanol–water partition coefficient (Wildman–Crippen LogP) is 21.9. The molecule has 3 heterocycles. The van der Waals surface area contributed by atoms with Crippen molar-refractivity contribution in [1.82, 2.24) is 15.3 Å². The molecule has 0 aliphatic carbocycles. The molecule has 0 atom stereocenters. The van der Waals surface area contributed by atoms with Crippen molar-refractivity contribution in [2.45, 2.75) is 248 Å². The van der Waals surface area contributed by atoms with Crippen molar-refractivity contribution >= 4 is 76.8 Å². The van der Waals surface area contributed by atoms with Gasteiger partial charge in [0.15, 0.2) is 0 Å². The molecule has 9 rings (SSSR count).